The van der Waals surface area contributed by atoms with Crippen LogP contribution in [0.3, 0.4) is 0 Å². The SMILES string of the molecule is NC1CCCCC1.NCCC[C@H](N)C(=O)O.O=C(O)Cc1ccccc1.O=Cc1ccc(Cl)cc1Cl. The molecule has 36 heavy (non-hydrogen) atoms. The number of carboxylic acid groups (broad SMARTS) is 2. The van der Waals surface area contributed by atoms with Crippen molar-refractivity contribution in [2.75, 3.05) is 6.54 Å². The molecule has 200 valence electrons. The molecular formula is C26H37Cl2N3O5. The molecule has 1 aliphatic rings. The summed E-state index contributed by atoms with van der Waals surface area (Å²) in [6.07, 6.45) is 8.61. The minimum Gasteiger partial charge on any atom is -0.481 e. The Morgan fingerprint density at radius 1 is 1.03 bits per heavy atom. The van der Waals surface area contributed by atoms with Gasteiger partial charge in [0.1, 0.15) is 6.04 Å². The molecule has 10 heteroatoms. The van der Waals surface area contributed by atoms with Crippen LogP contribution < -0.4 is 17.2 Å². The van der Waals surface area contributed by atoms with Crippen molar-refractivity contribution >= 4 is 41.4 Å². The van der Waals surface area contributed by atoms with Crippen molar-refractivity contribution in [1.82, 2.24) is 0 Å². The Hall–Kier alpha value is -2.49. The standard InChI is InChI=1S/C8H8O2.C7H4Cl2O.C6H13N.C5H12N2O2/c9-8(10)6-7-4-2-1-3-5-7;8-6-2-1-5(4-10)7(9)3-6;7-6-4-2-1-3-5-6;6-3-1-2-4(7)5(8)9/h1-5H,6H2,(H,9,10);1-4H;6H,1-5,7H2;4H,1-3,6-7H2,(H,8,9)/t;;;4-/m...0/s1. The molecule has 0 unspecified atom stereocenters. The molecule has 0 aromatic heterocycles. The first-order valence-corrected chi connectivity index (χ1v) is 12.5. The average Bonchev–Trinajstić information content (AvgIpc) is 2.84. The Morgan fingerprint density at radius 2 is 1.64 bits per heavy atom. The van der Waals surface area contributed by atoms with Gasteiger partial charge in [-0.3, -0.25) is 14.4 Å². The van der Waals surface area contributed by atoms with Crippen LogP contribution in [-0.2, 0) is 16.0 Å². The summed E-state index contributed by atoms with van der Waals surface area (Å²) in [5, 5.41) is 17.5. The fraction of sp³-hybridized carbons (Fsp3) is 0.423. The lowest BCUT2D eigenvalue weighted by Gasteiger charge is -2.15. The topological polar surface area (TPSA) is 170 Å². The van der Waals surface area contributed by atoms with Crippen LogP contribution in [0, 0.1) is 0 Å². The molecule has 0 heterocycles. The largest absolute Gasteiger partial charge is 0.481 e. The van der Waals surface area contributed by atoms with E-state index in [1.807, 2.05) is 18.2 Å². The van der Waals surface area contributed by atoms with E-state index in [0.29, 0.717) is 47.3 Å². The van der Waals surface area contributed by atoms with Crippen molar-refractivity contribution in [2.24, 2.45) is 17.2 Å². The Morgan fingerprint density at radius 3 is 2.06 bits per heavy atom. The summed E-state index contributed by atoms with van der Waals surface area (Å²) in [6, 6.07) is 13.7. The van der Waals surface area contributed by atoms with Gasteiger partial charge in [0.25, 0.3) is 0 Å². The molecule has 2 aromatic rings. The zero-order valence-corrected chi connectivity index (χ0v) is 21.8. The third-order valence-corrected chi connectivity index (χ3v) is 5.54. The van der Waals surface area contributed by atoms with Gasteiger partial charge in [0, 0.05) is 16.6 Å². The highest BCUT2D eigenvalue weighted by atomic mass is 35.5. The number of hydrogen-bond acceptors (Lipinski definition) is 6. The Kier molecular flexibility index (Phi) is 19.2. The maximum absolute atomic E-state index is 10.2. The molecule has 8 nitrogen and oxygen atoms in total. The predicted molar refractivity (Wildman–Crippen MR) is 145 cm³/mol. The second kappa shape index (κ2) is 20.7. The minimum absolute atomic E-state index is 0.112. The van der Waals surface area contributed by atoms with Crippen molar-refractivity contribution in [3.63, 3.8) is 0 Å². The van der Waals surface area contributed by atoms with Crippen LogP contribution in [0.5, 0.6) is 0 Å². The van der Waals surface area contributed by atoms with E-state index in [1.165, 1.54) is 38.2 Å². The Bertz CT molecular complexity index is 894. The summed E-state index contributed by atoms with van der Waals surface area (Å²) in [7, 11) is 0. The van der Waals surface area contributed by atoms with Crippen molar-refractivity contribution in [2.45, 2.75) is 63.5 Å². The van der Waals surface area contributed by atoms with Gasteiger partial charge in [-0.25, -0.2) is 0 Å². The van der Waals surface area contributed by atoms with Crippen LogP contribution in [0.4, 0.5) is 0 Å². The first-order chi connectivity index (χ1) is 17.1. The molecule has 2 aromatic carbocycles. The monoisotopic (exact) mass is 541 g/mol. The molecular weight excluding hydrogens is 505 g/mol. The number of aliphatic carboxylic acids is 2. The highest BCUT2D eigenvalue weighted by Gasteiger charge is 2.09. The average molecular weight is 543 g/mol. The van der Waals surface area contributed by atoms with Crippen LogP contribution in [-0.4, -0.2) is 47.1 Å². The molecule has 0 radical (unpaired) electrons. The quantitative estimate of drug-likeness (QED) is 0.318. The Balaban J connectivity index is 0.000000457. The van der Waals surface area contributed by atoms with E-state index in [1.54, 1.807) is 24.3 Å². The van der Waals surface area contributed by atoms with E-state index in [-0.39, 0.29) is 6.42 Å². The molecule has 1 aliphatic carbocycles. The second-order valence-electron chi connectivity index (χ2n) is 8.11. The van der Waals surface area contributed by atoms with E-state index in [4.69, 9.17) is 50.6 Å². The molecule has 3 rings (SSSR count). The van der Waals surface area contributed by atoms with E-state index in [9.17, 15) is 14.4 Å². The summed E-state index contributed by atoms with van der Waals surface area (Å²) in [5.74, 6) is -1.74. The number of benzene rings is 2. The van der Waals surface area contributed by atoms with Crippen molar-refractivity contribution < 1.29 is 24.6 Å². The molecule has 0 amide bonds. The van der Waals surface area contributed by atoms with Gasteiger partial charge in [-0.15, -0.1) is 0 Å². The van der Waals surface area contributed by atoms with E-state index < -0.39 is 18.0 Å². The fourth-order valence-corrected chi connectivity index (χ4v) is 3.42. The molecule has 1 saturated carbocycles. The highest BCUT2D eigenvalue weighted by Crippen LogP contribution is 2.19. The van der Waals surface area contributed by atoms with E-state index in [2.05, 4.69) is 0 Å². The number of hydrogen-bond donors (Lipinski definition) is 5. The van der Waals surface area contributed by atoms with Gasteiger partial charge in [0.05, 0.1) is 11.4 Å². The van der Waals surface area contributed by atoms with Gasteiger partial charge in [-0.1, -0.05) is 72.8 Å². The summed E-state index contributed by atoms with van der Waals surface area (Å²) >= 11 is 11.2. The van der Waals surface area contributed by atoms with Gasteiger partial charge >= 0.3 is 11.9 Å². The molecule has 0 bridgehead atoms. The molecule has 8 N–H and O–H groups in total. The van der Waals surface area contributed by atoms with Crippen LogP contribution >= 0.6 is 23.2 Å². The number of carbonyl (C=O) groups is 3. The van der Waals surface area contributed by atoms with Gasteiger partial charge in [-0.05, 0) is 56.0 Å². The predicted octanol–water partition coefficient (Wildman–Crippen LogP) is 4.53. The van der Waals surface area contributed by atoms with Gasteiger partial charge < -0.3 is 27.4 Å². The van der Waals surface area contributed by atoms with Gasteiger partial charge in [-0.2, -0.15) is 0 Å². The normalized spacial score (nSPS) is 13.4. The summed E-state index contributed by atoms with van der Waals surface area (Å²) in [6.45, 7) is 0.501. The minimum atomic E-state index is -0.955. The fourth-order valence-electron chi connectivity index (χ4n) is 2.96. The summed E-state index contributed by atoms with van der Waals surface area (Å²) in [5.41, 5.74) is 17.2. The highest BCUT2D eigenvalue weighted by molar-refractivity contribution is 6.36. The maximum atomic E-state index is 10.2. The number of carboxylic acids is 2. The van der Waals surface area contributed by atoms with Crippen LogP contribution in [0.15, 0.2) is 48.5 Å². The van der Waals surface area contributed by atoms with Crippen LogP contribution in [0.25, 0.3) is 0 Å². The van der Waals surface area contributed by atoms with Crippen molar-refractivity contribution in [3.05, 3.63) is 69.7 Å². The first-order valence-electron chi connectivity index (χ1n) is 11.7. The number of carbonyl (C=O) groups excluding carboxylic acids is 1. The summed E-state index contributed by atoms with van der Waals surface area (Å²) in [4.78, 5) is 30.4. The van der Waals surface area contributed by atoms with Gasteiger partial charge in [0.15, 0.2) is 6.29 Å². The molecule has 0 aliphatic heterocycles. The zero-order chi connectivity index (χ0) is 27.3. The van der Waals surface area contributed by atoms with Crippen LogP contribution in [0.1, 0.15) is 60.9 Å². The van der Waals surface area contributed by atoms with Crippen molar-refractivity contribution in [3.8, 4) is 0 Å². The summed E-state index contributed by atoms with van der Waals surface area (Å²) < 4.78 is 0. The van der Waals surface area contributed by atoms with Crippen molar-refractivity contribution in [1.29, 1.82) is 0 Å². The lowest BCUT2D eigenvalue weighted by atomic mass is 9.97. The number of aldehydes is 1. The number of halogens is 2. The number of nitrogens with two attached hydrogens (primary N) is 3. The lowest BCUT2D eigenvalue weighted by molar-refractivity contribution is -0.139. The lowest BCUT2D eigenvalue weighted by Crippen LogP contribution is -2.30. The molecule has 1 atom stereocenters. The molecule has 1 fully saturated rings. The van der Waals surface area contributed by atoms with E-state index in [0.717, 1.165) is 5.56 Å². The van der Waals surface area contributed by atoms with E-state index >= 15 is 0 Å². The number of rotatable bonds is 7. The zero-order valence-electron chi connectivity index (χ0n) is 20.3. The third-order valence-electron chi connectivity index (χ3n) is 4.97. The smallest absolute Gasteiger partial charge is 0.320 e. The maximum Gasteiger partial charge on any atom is 0.320 e. The van der Waals surface area contributed by atoms with Gasteiger partial charge in [0.2, 0.25) is 0 Å². The van der Waals surface area contributed by atoms with Crippen LogP contribution in [0.2, 0.25) is 10.0 Å². The third kappa shape index (κ3) is 17.9. The first kappa shape index (κ1) is 33.5. The molecule has 0 spiro atoms. The second-order valence-corrected chi connectivity index (χ2v) is 8.96. The Labute approximate surface area is 222 Å². The molecule has 0 saturated heterocycles.